The predicted octanol–water partition coefficient (Wildman–Crippen LogP) is 7.69. The van der Waals surface area contributed by atoms with Crippen LogP contribution in [0.5, 0.6) is 0 Å². The van der Waals surface area contributed by atoms with Gasteiger partial charge in [-0.1, -0.05) is 6.07 Å². The normalized spacial score (nSPS) is 21.2. The van der Waals surface area contributed by atoms with Crippen LogP contribution in [0.15, 0.2) is 29.9 Å². The SMILES string of the molecule is FC1=C(F)C(F)(OB(OC2(F)C(F)=C(F)c3c(F)c(F)c(F)c(F)c32)c2ccc(F)c(F)c2)c2c(F)c(F)c(F)c(F)c21. The summed E-state index contributed by atoms with van der Waals surface area (Å²) in [5.74, 6) is -48.4. The Morgan fingerprint density at radius 1 is 0.465 bits per heavy atom. The first-order valence-electron chi connectivity index (χ1n) is 10.9. The molecule has 0 saturated heterocycles. The predicted molar refractivity (Wildman–Crippen MR) is 110 cm³/mol. The number of hydrogen-bond donors (Lipinski definition) is 0. The summed E-state index contributed by atoms with van der Waals surface area (Å²) in [5.41, 5.74) is -10.9. The molecule has 0 amide bonds. The van der Waals surface area contributed by atoms with Crippen molar-refractivity contribution in [3.63, 3.8) is 0 Å². The molecule has 2 aliphatic rings. The van der Waals surface area contributed by atoms with E-state index in [2.05, 4.69) is 9.31 Å². The van der Waals surface area contributed by atoms with Crippen molar-refractivity contribution in [2.75, 3.05) is 0 Å². The standard InChI is InChI=1S/C24H3BF16O2/c26-5-2-1-4(3-6(5)27)25(42-23(40)9-7(13(30)21(23)38)11(28)17(34)19(36)15(9)32)43-24(41)10-8(14(31)22(24)39)12(29)18(35)20(37)16(10)33/h1-3H. The van der Waals surface area contributed by atoms with Gasteiger partial charge in [0.25, 0.3) is 11.7 Å². The highest BCUT2D eigenvalue weighted by molar-refractivity contribution is 6.61. The first kappa shape index (κ1) is 30.5. The van der Waals surface area contributed by atoms with Crippen molar-refractivity contribution in [3.05, 3.63) is 110 Å². The number of fused-ring (bicyclic) bond motifs is 2. The highest BCUT2D eigenvalue weighted by Crippen LogP contribution is 2.55. The first-order valence-corrected chi connectivity index (χ1v) is 10.9. The summed E-state index contributed by atoms with van der Waals surface area (Å²) in [6.45, 7) is 0. The minimum absolute atomic E-state index is 0.0928. The van der Waals surface area contributed by atoms with Crippen molar-refractivity contribution in [2.24, 2.45) is 0 Å². The Hall–Kier alpha value is -4.00. The second-order valence-corrected chi connectivity index (χ2v) is 8.70. The lowest BCUT2D eigenvalue weighted by Gasteiger charge is -2.30. The van der Waals surface area contributed by atoms with E-state index < -0.39 is 128 Å². The molecule has 0 N–H and O–H groups in total. The summed E-state index contributed by atoms with van der Waals surface area (Å²) in [5, 5.41) is 0. The molecule has 3 aromatic rings. The highest BCUT2D eigenvalue weighted by Gasteiger charge is 2.60. The van der Waals surface area contributed by atoms with Crippen LogP contribution < -0.4 is 5.46 Å². The quantitative estimate of drug-likeness (QED) is 0.124. The average Bonchev–Trinajstić information content (AvgIpc) is 3.28. The third kappa shape index (κ3) is 4.00. The lowest BCUT2D eigenvalue weighted by atomic mass is 9.77. The van der Waals surface area contributed by atoms with Crippen LogP contribution in [-0.4, -0.2) is 7.12 Å². The van der Waals surface area contributed by atoms with Gasteiger partial charge in [-0.05, 0) is 17.6 Å². The maximum absolute atomic E-state index is 16.0. The van der Waals surface area contributed by atoms with Crippen LogP contribution in [-0.2, 0) is 21.0 Å². The maximum atomic E-state index is 16.0. The lowest BCUT2D eigenvalue weighted by molar-refractivity contribution is -0.113. The molecule has 3 aromatic carbocycles. The fourth-order valence-electron chi connectivity index (χ4n) is 4.34. The van der Waals surface area contributed by atoms with E-state index in [0.717, 1.165) is 0 Å². The number of benzene rings is 3. The molecule has 2 unspecified atom stereocenters. The van der Waals surface area contributed by atoms with Crippen molar-refractivity contribution in [1.29, 1.82) is 0 Å². The topological polar surface area (TPSA) is 18.5 Å². The Balaban J connectivity index is 1.74. The summed E-state index contributed by atoms with van der Waals surface area (Å²) < 4.78 is 239. The van der Waals surface area contributed by atoms with E-state index in [0.29, 0.717) is 0 Å². The molecule has 0 bridgehead atoms. The van der Waals surface area contributed by atoms with Gasteiger partial charge in [0, 0.05) is 0 Å². The molecule has 0 radical (unpaired) electrons. The van der Waals surface area contributed by atoms with Crippen molar-refractivity contribution in [3.8, 4) is 0 Å². The fraction of sp³-hybridized carbons (Fsp3) is 0.0833. The fourth-order valence-corrected chi connectivity index (χ4v) is 4.34. The Labute approximate surface area is 226 Å². The second kappa shape index (κ2) is 9.76. The van der Waals surface area contributed by atoms with E-state index in [1.807, 2.05) is 0 Å². The zero-order valence-electron chi connectivity index (χ0n) is 19.7. The molecule has 0 aromatic heterocycles. The van der Waals surface area contributed by atoms with Gasteiger partial charge in [-0.2, -0.15) is 8.78 Å². The number of alkyl halides is 2. The van der Waals surface area contributed by atoms with Gasteiger partial charge in [-0.3, -0.25) is 0 Å². The smallest absolute Gasteiger partial charge is 0.366 e. The van der Waals surface area contributed by atoms with E-state index in [4.69, 9.17) is 0 Å². The molecule has 226 valence electrons. The lowest BCUT2D eigenvalue weighted by Crippen LogP contribution is -2.48. The third-order valence-corrected chi connectivity index (χ3v) is 6.32. The molecule has 0 saturated carbocycles. The second-order valence-electron chi connectivity index (χ2n) is 8.70. The number of rotatable bonds is 5. The van der Waals surface area contributed by atoms with E-state index in [1.54, 1.807) is 0 Å². The maximum Gasteiger partial charge on any atom is 0.499 e. The van der Waals surface area contributed by atoms with Crippen molar-refractivity contribution in [1.82, 2.24) is 0 Å². The summed E-state index contributed by atoms with van der Waals surface area (Å²) in [4.78, 5) is 0. The van der Waals surface area contributed by atoms with E-state index in [1.165, 1.54) is 0 Å². The minimum Gasteiger partial charge on any atom is -0.366 e. The molecule has 2 atom stereocenters. The molecule has 0 heterocycles. The largest absolute Gasteiger partial charge is 0.499 e. The van der Waals surface area contributed by atoms with E-state index in [-0.39, 0.29) is 18.2 Å². The molecule has 0 spiro atoms. The molecule has 43 heavy (non-hydrogen) atoms. The van der Waals surface area contributed by atoms with Crippen LogP contribution in [0, 0.1) is 58.2 Å². The Morgan fingerprint density at radius 2 is 0.837 bits per heavy atom. The molecule has 19 heteroatoms. The highest BCUT2D eigenvalue weighted by atomic mass is 19.2. The molecular formula is C24H3BF16O2. The zero-order chi connectivity index (χ0) is 32.1. The monoisotopic (exact) mass is 638 g/mol. The van der Waals surface area contributed by atoms with Gasteiger partial charge in [-0.25, -0.2) is 61.5 Å². The summed E-state index contributed by atoms with van der Waals surface area (Å²) in [6.07, 6.45) is 0. The van der Waals surface area contributed by atoms with Crippen LogP contribution in [0.1, 0.15) is 22.3 Å². The van der Waals surface area contributed by atoms with Crippen LogP contribution in [0.2, 0.25) is 0 Å². The van der Waals surface area contributed by atoms with Crippen LogP contribution in [0.4, 0.5) is 70.2 Å². The number of hydrogen-bond acceptors (Lipinski definition) is 2. The minimum atomic E-state index is -5.09. The third-order valence-electron chi connectivity index (χ3n) is 6.32. The Morgan fingerprint density at radius 3 is 1.21 bits per heavy atom. The van der Waals surface area contributed by atoms with Crippen molar-refractivity contribution >= 4 is 24.2 Å². The van der Waals surface area contributed by atoms with Gasteiger partial charge in [-0.15, -0.1) is 0 Å². The van der Waals surface area contributed by atoms with Crippen molar-refractivity contribution < 1.29 is 79.6 Å². The van der Waals surface area contributed by atoms with Crippen molar-refractivity contribution in [2.45, 2.75) is 11.7 Å². The summed E-state index contributed by atoms with van der Waals surface area (Å²) in [7, 11) is -3.56. The molecular weight excluding hydrogens is 635 g/mol. The molecule has 0 fully saturated rings. The van der Waals surface area contributed by atoms with Gasteiger partial charge in [0.2, 0.25) is 11.7 Å². The van der Waals surface area contributed by atoms with Crippen LogP contribution in [0.25, 0.3) is 11.7 Å². The molecule has 2 aliphatic carbocycles. The number of halogens is 16. The molecule has 2 nitrogen and oxygen atoms in total. The van der Waals surface area contributed by atoms with Crippen LogP contribution >= 0.6 is 0 Å². The van der Waals surface area contributed by atoms with Gasteiger partial charge < -0.3 is 9.31 Å². The summed E-state index contributed by atoms with van der Waals surface area (Å²) >= 11 is 0. The molecule has 0 aliphatic heterocycles. The van der Waals surface area contributed by atoms with E-state index in [9.17, 15) is 61.5 Å². The zero-order valence-corrected chi connectivity index (χ0v) is 19.7. The Kier molecular flexibility index (Phi) is 6.92. The van der Waals surface area contributed by atoms with Gasteiger partial charge in [0.1, 0.15) is 0 Å². The van der Waals surface area contributed by atoms with Gasteiger partial charge in [0.15, 0.2) is 69.8 Å². The molecule has 5 rings (SSSR count). The van der Waals surface area contributed by atoms with E-state index >= 15 is 8.78 Å². The average molecular weight is 638 g/mol. The Bertz CT molecular complexity index is 1720. The van der Waals surface area contributed by atoms with Crippen LogP contribution in [0.3, 0.4) is 0 Å². The van der Waals surface area contributed by atoms with Gasteiger partial charge in [0.05, 0.1) is 22.3 Å². The van der Waals surface area contributed by atoms with Gasteiger partial charge >= 0.3 is 7.12 Å². The summed E-state index contributed by atoms with van der Waals surface area (Å²) in [6, 6.07) is 0.149. The first-order chi connectivity index (χ1) is 19.9.